The predicted octanol–water partition coefficient (Wildman–Crippen LogP) is 4.97. The third-order valence-electron chi connectivity index (χ3n) is 7.01. The SMILES string of the molecule is COCC(=O)Nc1cc(N2C(=S)NC(c3ccccn3)C2c2cc(C)n(-c3ccc(O)cc3)c2C)ccc1OC. The Morgan fingerprint density at radius 2 is 1.82 bits per heavy atom. The summed E-state index contributed by atoms with van der Waals surface area (Å²) in [5, 5.41) is 16.7. The number of carbonyl (C=O) groups is 1. The Hall–Kier alpha value is -4.41. The van der Waals surface area contributed by atoms with Crippen molar-refractivity contribution in [3.8, 4) is 17.2 Å². The third kappa shape index (κ3) is 5.11. The summed E-state index contributed by atoms with van der Waals surface area (Å²) >= 11 is 5.92. The third-order valence-corrected chi connectivity index (χ3v) is 7.32. The highest BCUT2D eigenvalue weighted by Gasteiger charge is 2.42. The summed E-state index contributed by atoms with van der Waals surface area (Å²) in [6, 6.07) is 20.2. The number of aromatic hydroxyl groups is 1. The van der Waals surface area contributed by atoms with Crippen LogP contribution >= 0.6 is 12.2 Å². The molecule has 0 saturated carbocycles. The maximum absolute atomic E-state index is 12.4. The van der Waals surface area contributed by atoms with Gasteiger partial charge in [0.05, 0.1) is 30.6 Å². The van der Waals surface area contributed by atoms with E-state index in [9.17, 15) is 9.90 Å². The molecule has 4 aromatic rings. The van der Waals surface area contributed by atoms with E-state index in [1.54, 1.807) is 25.4 Å². The van der Waals surface area contributed by atoms with E-state index in [0.29, 0.717) is 16.5 Å². The molecule has 9 nitrogen and oxygen atoms in total. The van der Waals surface area contributed by atoms with Crippen LogP contribution in [0, 0.1) is 13.8 Å². The molecule has 40 heavy (non-hydrogen) atoms. The Balaban J connectivity index is 1.64. The van der Waals surface area contributed by atoms with E-state index in [1.807, 2.05) is 48.5 Å². The molecule has 2 aromatic carbocycles. The first-order valence-corrected chi connectivity index (χ1v) is 13.2. The monoisotopic (exact) mass is 557 g/mol. The smallest absolute Gasteiger partial charge is 0.250 e. The number of rotatable bonds is 8. The van der Waals surface area contributed by atoms with Crippen LogP contribution in [0.25, 0.3) is 5.69 Å². The van der Waals surface area contributed by atoms with Crippen molar-refractivity contribution in [2.45, 2.75) is 25.9 Å². The lowest BCUT2D eigenvalue weighted by atomic mass is 9.96. The Kier molecular flexibility index (Phi) is 7.72. The fraction of sp³-hybridized carbons (Fsp3) is 0.233. The molecule has 1 fully saturated rings. The lowest BCUT2D eigenvalue weighted by Crippen LogP contribution is -2.29. The zero-order chi connectivity index (χ0) is 28.4. The van der Waals surface area contributed by atoms with Crippen LogP contribution in [0.3, 0.4) is 0 Å². The molecule has 5 rings (SSSR count). The highest BCUT2D eigenvalue weighted by atomic mass is 32.1. The Labute approximate surface area is 238 Å². The molecule has 1 aliphatic heterocycles. The van der Waals surface area contributed by atoms with E-state index in [0.717, 1.165) is 34.0 Å². The number of amides is 1. The van der Waals surface area contributed by atoms with E-state index in [2.05, 4.69) is 45.0 Å². The van der Waals surface area contributed by atoms with Gasteiger partial charge >= 0.3 is 0 Å². The van der Waals surface area contributed by atoms with Crippen LogP contribution < -0.4 is 20.3 Å². The largest absolute Gasteiger partial charge is 0.508 e. The molecular formula is C30H31N5O4S. The van der Waals surface area contributed by atoms with Crippen molar-refractivity contribution in [2.75, 3.05) is 31.0 Å². The fourth-order valence-corrected chi connectivity index (χ4v) is 5.64. The van der Waals surface area contributed by atoms with Gasteiger partial charge in [0.25, 0.3) is 0 Å². The highest BCUT2D eigenvalue weighted by Crippen LogP contribution is 2.45. The number of hydrogen-bond donors (Lipinski definition) is 3. The normalized spacial score (nSPS) is 16.6. The standard InChI is InChI=1S/C30H31N5O4S/c1-18-15-23(19(2)34(18)20-8-11-22(36)12-9-20)29-28(24-7-5-6-14-31-24)33-30(40)35(29)21-10-13-26(39-4)25(16-21)32-27(37)17-38-3/h5-16,28-29,36H,17H2,1-4H3,(H,32,37)(H,33,40). The fourth-order valence-electron chi connectivity index (χ4n) is 5.30. The second kappa shape index (κ2) is 11.4. The van der Waals surface area contributed by atoms with Gasteiger partial charge in [0.1, 0.15) is 18.1 Å². The van der Waals surface area contributed by atoms with Crippen LogP contribution in [-0.4, -0.2) is 46.5 Å². The first-order chi connectivity index (χ1) is 19.3. The number of aryl methyl sites for hydroxylation is 1. The van der Waals surface area contributed by atoms with Crippen molar-refractivity contribution in [3.63, 3.8) is 0 Å². The van der Waals surface area contributed by atoms with Crippen molar-refractivity contribution in [2.24, 2.45) is 0 Å². The van der Waals surface area contributed by atoms with E-state index >= 15 is 0 Å². The van der Waals surface area contributed by atoms with Gasteiger partial charge in [0.15, 0.2) is 5.11 Å². The number of methoxy groups -OCH3 is 2. The number of benzene rings is 2. The van der Waals surface area contributed by atoms with Crippen LogP contribution in [0.2, 0.25) is 0 Å². The minimum atomic E-state index is -0.291. The predicted molar refractivity (Wildman–Crippen MR) is 158 cm³/mol. The van der Waals surface area contributed by atoms with E-state index < -0.39 is 0 Å². The molecule has 2 unspecified atom stereocenters. The Morgan fingerprint density at radius 3 is 2.50 bits per heavy atom. The minimum Gasteiger partial charge on any atom is -0.508 e. The average molecular weight is 558 g/mol. The van der Waals surface area contributed by atoms with Crippen molar-refractivity contribution in [1.29, 1.82) is 0 Å². The summed E-state index contributed by atoms with van der Waals surface area (Å²) in [5.41, 5.74) is 6.23. The molecule has 206 valence electrons. The minimum absolute atomic E-state index is 0.0787. The van der Waals surface area contributed by atoms with Gasteiger partial charge in [-0.1, -0.05) is 6.07 Å². The van der Waals surface area contributed by atoms with Crippen LogP contribution in [0.15, 0.2) is 72.9 Å². The van der Waals surface area contributed by atoms with Crippen LogP contribution in [0.1, 0.15) is 34.7 Å². The van der Waals surface area contributed by atoms with E-state index in [1.165, 1.54) is 7.11 Å². The molecule has 3 heterocycles. The summed E-state index contributed by atoms with van der Waals surface area (Å²) in [7, 11) is 3.03. The highest BCUT2D eigenvalue weighted by molar-refractivity contribution is 7.80. The number of phenolic OH excluding ortho intramolecular Hbond substituents is 1. The summed E-state index contributed by atoms with van der Waals surface area (Å²) in [5.74, 6) is 0.445. The number of pyridine rings is 1. The van der Waals surface area contributed by atoms with Crippen molar-refractivity contribution in [1.82, 2.24) is 14.9 Å². The van der Waals surface area contributed by atoms with Crippen molar-refractivity contribution < 1.29 is 19.4 Å². The van der Waals surface area contributed by atoms with Gasteiger partial charge in [-0.25, -0.2) is 0 Å². The molecule has 10 heteroatoms. The zero-order valence-corrected chi connectivity index (χ0v) is 23.5. The number of hydrogen-bond acceptors (Lipinski definition) is 6. The van der Waals surface area contributed by atoms with Crippen LogP contribution in [0.4, 0.5) is 11.4 Å². The molecule has 0 spiro atoms. The van der Waals surface area contributed by atoms with Gasteiger partial charge < -0.3 is 34.7 Å². The molecular weight excluding hydrogens is 526 g/mol. The maximum Gasteiger partial charge on any atom is 0.250 e. The number of nitrogens with zero attached hydrogens (tertiary/aromatic N) is 3. The van der Waals surface area contributed by atoms with Gasteiger partial charge in [0, 0.05) is 36.1 Å². The topological polar surface area (TPSA) is 101 Å². The first kappa shape index (κ1) is 27.2. The lowest BCUT2D eigenvalue weighted by molar-refractivity contribution is -0.119. The van der Waals surface area contributed by atoms with Crippen LogP contribution in [-0.2, 0) is 9.53 Å². The lowest BCUT2D eigenvalue weighted by Gasteiger charge is -2.29. The molecule has 0 radical (unpaired) electrons. The first-order valence-electron chi connectivity index (χ1n) is 12.8. The van der Waals surface area contributed by atoms with E-state index in [4.69, 9.17) is 21.7 Å². The summed E-state index contributed by atoms with van der Waals surface area (Å²) < 4.78 is 12.7. The van der Waals surface area contributed by atoms with Gasteiger partial charge in [-0.15, -0.1) is 0 Å². The summed E-state index contributed by atoms with van der Waals surface area (Å²) in [6.07, 6.45) is 1.77. The Morgan fingerprint density at radius 1 is 1.07 bits per heavy atom. The molecule has 2 atom stereocenters. The zero-order valence-electron chi connectivity index (χ0n) is 22.7. The summed E-state index contributed by atoms with van der Waals surface area (Å²) in [6.45, 7) is 4.06. The molecule has 0 bridgehead atoms. The van der Waals surface area contributed by atoms with Crippen molar-refractivity contribution in [3.05, 3.63) is 95.6 Å². The number of aromatic nitrogens is 2. The number of ether oxygens (including phenoxy) is 2. The second-order valence-electron chi connectivity index (χ2n) is 9.54. The Bertz CT molecular complexity index is 1540. The molecule has 0 aliphatic carbocycles. The van der Waals surface area contributed by atoms with Gasteiger partial charge in [-0.2, -0.15) is 0 Å². The molecule has 3 N–H and O–H groups in total. The van der Waals surface area contributed by atoms with Gasteiger partial charge in [-0.05, 0) is 92.3 Å². The molecule has 2 aromatic heterocycles. The molecule has 1 aliphatic rings. The second-order valence-corrected chi connectivity index (χ2v) is 9.93. The quantitative estimate of drug-likeness (QED) is 0.261. The number of anilines is 2. The van der Waals surface area contributed by atoms with Crippen LogP contribution in [0.5, 0.6) is 11.5 Å². The molecule has 1 saturated heterocycles. The number of carbonyl (C=O) groups excluding carboxylic acids is 1. The molecule has 1 amide bonds. The summed E-state index contributed by atoms with van der Waals surface area (Å²) in [4.78, 5) is 19.1. The number of thiocarbonyl (C=S) groups is 1. The maximum atomic E-state index is 12.4. The number of phenols is 1. The van der Waals surface area contributed by atoms with E-state index in [-0.39, 0.29) is 30.3 Å². The average Bonchev–Trinajstić information content (AvgIpc) is 3.44. The van der Waals surface area contributed by atoms with Gasteiger partial charge in [-0.3, -0.25) is 9.78 Å². The van der Waals surface area contributed by atoms with Gasteiger partial charge in [0.2, 0.25) is 5.91 Å². The number of nitrogens with one attached hydrogen (secondary N) is 2. The van der Waals surface area contributed by atoms with Crippen molar-refractivity contribution >= 4 is 34.6 Å².